The summed E-state index contributed by atoms with van der Waals surface area (Å²) in [7, 11) is 0. The molecule has 3 aliphatic carbocycles. The van der Waals surface area contributed by atoms with Gasteiger partial charge in [-0.25, -0.2) is 0 Å². The lowest BCUT2D eigenvalue weighted by molar-refractivity contribution is 0.829. The van der Waals surface area contributed by atoms with Gasteiger partial charge < -0.3 is 9.13 Å². The fourth-order valence-corrected chi connectivity index (χ4v) is 9.57. The van der Waals surface area contributed by atoms with Crippen molar-refractivity contribution in [3.8, 4) is 28.6 Å². The molecule has 276 valence electrons. The summed E-state index contributed by atoms with van der Waals surface area (Å²) < 4.78 is 4.84. The zero-order valence-corrected chi connectivity index (χ0v) is 32.2. The topological polar surface area (TPSA) is 33.6 Å². The van der Waals surface area contributed by atoms with E-state index in [0.29, 0.717) is 5.92 Å². The summed E-state index contributed by atoms with van der Waals surface area (Å²) >= 11 is 0. The van der Waals surface area contributed by atoms with E-state index in [-0.39, 0.29) is 5.92 Å². The normalized spacial score (nSPS) is 17.4. The van der Waals surface area contributed by atoms with Crippen LogP contribution in [0.1, 0.15) is 54.2 Å². The van der Waals surface area contributed by atoms with Gasteiger partial charge >= 0.3 is 0 Å². The van der Waals surface area contributed by atoms with E-state index in [1.807, 2.05) is 12.2 Å². The maximum Gasteiger partial charge on any atom is 0.0947 e. The Morgan fingerprint density at radius 2 is 1.33 bits per heavy atom. The molecule has 2 aromatic heterocycles. The first-order valence-corrected chi connectivity index (χ1v) is 20.5. The average molecular weight is 744 g/mol. The van der Waals surface area contributed by atoms with Gasteiger partial charge in [-0.15, -0.1) is 0 Å². The van der Waals surface area contributed by atoms with Crippen molar-refractivity contribution in [1.82, 2.24) is 9.13 Å². The van der Waals surface area contributed by atoms with Crippen LogP contribution in [-0.4, -0.2) is 9.13 Å². The summed E-state index contributed by atoms with van der Waals surface area (Å²) in [6, 6.07) is 53.9. The van der Waals surface area contributed by atoms with Gasteiger partial charge in [0.25, 0.3) is 0 Å². The largest absolute Gasteiger partial charge is 0.310 e. The van der Waals surface area contributed by atoms with Gasteiger partial charge in [0.2, 0.25) is 0 Å². The number of aromatic nitrogens is 2. The van der Waals surface area contributed by atoms with E-state index in [2.05, 4.69) is 191 Å². The highest BCUT2D eigenvalue weighted by molar-refractivity contribution is 6.10. The van der Waals surface area contributed by atoms with Crippen molar-refractivity contribution in [2.45, 2.75) is 37.5 Å². The third kappa shape index (κ3) is 5.80. The molecule has 0 spiro atoms. The third-order valence-corrected chi connectivity index (χ3v) is 12.4. The first-order chi connectivity index (χ1) is 28.7. The SMILES string of the molecule is N#CC1=CC=CC(c2cccc(-n3c4ccccc4c4cc(-c5ccc(C6C=c7c(n(-c8cccc(C9=CCCC=C9)c8)c8ccccc78)=CC6)cc5)ccc43)c2)C1. The van der Waals surface area contributed by atoms with Gasteiger partial charge in [-0.2, -0.15) is 5.26 Å². The van der Waals surface area contributed by atoms with E-state index >= 15 is 0 Å². The molecule has 2 unspecified atom stereocenters. The lowest BCUT2D eigenvalue weighted by Crippen LogP contribution is -2.31. The Kier molecular flexibility index (Phi) is 8.30. The van der Waals surface area contributed by atoms with Crippen molar-refractivity contribution >= 4 is 50.4 Å². The molecule has 11 rings (SSSR count). The first kappa shape index (κ1) is 34.1. The Bertz CT molecular complexity index is 3240. The monoisotopic (exact) mass is 743 g/mol. The molecule has 6 aromatic carbocycles. The Hall–Kier alpha value is -7.15. The van der Waals surface area contributed by atoms with E-state index in [1.54, 1.807) is 0 Å². The Morgan fingerprint density at radius 1 is 0.569 bits per heavy atom. The van der Waals surface area contributed by atoms with Crippen LogP contribution in [-0.2, 0) is 0 Å². The Labute approximate surface area is 338 Å². The molecule has 3 aliphatic rings. The number of benzene rings is 6. The molecule has 0 saturated heterocycles. The number of hydrogen-bond donors (Lipinski definition) is 0. The van der Waals surface area contributed by atoms with Gasteiger partial charge in [-0.05, 0) is 114 Å². The van der Waals surface area contributed by atoms with Crippen molar-refractivity contribution in [2.24, 2.45) is 0 Å². The lowest BCUT2D eigenvalue weighted by atomic mass is 9.88. The molecule has 3 heteroatoms. The molecule has 0 bridgehead atoms. The smallest absolute Gasteiger partial charge is 0.0947 e. The van der Waals surface area contributed by atoms with Gasteiger partial charge in [0.15, 0.2) is 0 Å². The van der Waals surface area contributed by atoms with Crippen LogP contribution in [0.15, 0.2) is 182 Å². The second-order valence-electron chi connectivity index (χ2n) is 15.9. The number of hydrogen-bond acceptors (Lipinski definition) is 1. The highest BCUT2D eigenvalue weighted by Gasteiger charge is 2.19. The predicted octanol–water partition coefficient (Wildman–Crippen LogP) is 12.4. The fraction of sp³-hybridized carbons (Fsp3) is 0.109. The van der Waals surface area contributed by atoms with E-state index in [0.717, 1.165) is 36.9 Å². The molecule has 2 heterocycles. The molecule has 2 atom stereocenters. The van der Waals surface area contributed by atoms with Gasteiger partial charge in [0.05, 0.1) is 22.6 Å². The number of nitrogens with zero attached hydrogens (tertiary/aromatic N) is 3. The zero-order valence-electron chi connectivity index (χ0n) is 32.2. The molecule has 0 aliphatic heterocycles. The number of fused-ring (bicyclic) bond motifs is 6. The Morgan fingerprint density at radius 3 is 2.16 bits per heavy atom. The van der Waals surface area contributed by atoms with Crippen LogP contribution in [0, 0.1) is 11.3 Å². The lowest BCUT2D eigenvalue weighted by Gasteiger charge is -2.17. The van der Waals surface area contributed by atoms with Gasteiger partial charge in [-0.1, -0.05) is 134 Å². The average Bonchev–Trinajstić information content (AvgIpc) is 3.82. The van der Waals surface area contributed by atoms with Crippen LogP contribution >= 0.6 is 0 Å². The molecule has 0 saturated carbocycles. The molecule has 0 amide bonds. The van der Waals surface area contributed by atoms with Crippen molar-refractivity contribution in [3.63, 3.8) is 0 Å². The quantitative estimate of drug-likeness (QED) is 0.167. The first-order valence-electron chi connectivity index (χ1n) is 20.5. The van der Waals surface area contributed by atoms with Crippen molar-refractivity contribution in [2.75, 3.05) is 0 Å². The molecule has 0 radical (unpaired) electrons. The summed E-state index contributed by atoms with van der Waals surface area (Å²) in [4.78, 5) is 0. The molecular formula is C55H41N3. The number of para-hydroxylation sites is 2. The fourth-order valence-electron chi connectivity index (χ4n) is 9.57. The second-order valence-corrected chi connectivity index (χ2v) is 15.9. The van der Waals surface area contributed by atoms with E-state index in [9.17, 15) is 5.26 Å². The Balaban J connectivity index is 0.927. The minimum Gasteiger partial charge on any atom is -0.310 e. The highest BCUT2D eigenvalue weighted by Crippen LogP contribution is 2.37. The van der Waals surface area contributed by atoms with Crippen LogP contribution in [0.25, 0.3) is 72.9 Å². The minimum atomic E-state index is 0.193. The van der Waals surface area contributed by atoms with Crippen LogP contribution in [0.5, 0.6) is 0 Å². The van der Waals surface area contributed by atoms with Crippen molar-refractivity contribution < 1.29 is 0 Å². The van der Waals surface area contributed by atoms with Crippen LogP contribution in [0.4, 0.5) is 0 Å². The third-order valence-electron chi connectivity index (χ3n) is 12.4. The summed E-state index contributed by atoms with van der Waals surface area (Å²) in [5.41, 5.74) is 14.4. The van der Waals surface area contributed by atoms with E-state index in [4.69, 9.17) is 0 Å². The molecule has 3 nitrogen and oxygen atoms in total. The zero-order chi connectivity index (χ0) is 38.6. The maximum atomic E-state index is 9.55. The van der Waals surface area contributed by atoms with E-state index in [1.165, 1.54) is 82.4 Å². The highest BCUT2D eigenvalue weighted by atomic mass is 15.0. The second kappa shape index (κ2) is 14.1. The number of rotatable bonds is 6. The molecule has 0 fully saturated rings. The molecule has 58 heavy (non-hydrogen) atoms. The predicted molar refractivity (Wildman–Crippen MR) is 242 cm³/mol. The summed E-state index contributed by atoms with van der Waals surface area (Å²) in [5, 5.41) is 15.9. The van der Waals surface area contributed by atoms with Crippen LogP contribution < -0.4 is 10.6 Å². The minimum absolute atomic E-state index is 0.193. The van der Waals surface area contributed by atoms with Crippen LogP contribution in [0.3, 0.4) is 0 Å². The van der Waals surface area contributed by atoms with Crippen molar-refractivity contribution in [3.05, 3.63) is 209 Å². The standard InChI is InChI=1S/C55H41N3/c56-36-37-11-8-14-41(31-37)43-16-10-18-47(33-43)58-53-22-7-5-20-49(53)51-35-45(28-30-55(51)58)40-25-23-39(24-26-40)44-27-29-54-50(34-44)48-19-4-6-21-52(48)57(54)46-17-9-15-42(32-46)38-12-2-1-3-13-38/h2,4-26,28-30,32-35,41,44H,1,3,27,31H2. The summed E-state index contributed by atoms with van der Waals surface area (Å²) in [6.07, 6.45) is 21.9. The van der Waals surface area contributed by atoms with Crippen molar-refractivity contribution in [1.29, 1.82) is 5.26 Å². The maximum absolute atomic E-state index is 9.55. The van der Waals surface area contributed by atoms with Crippen LogP contribution in [0.2, 0.25) is 0 Å². The molecular weight excluding hydrogens is 703 g/mol. The van der Waals surface area contributed by atoms with E-state index < -0.39 is 0 Å². The summed E-state index contributed by atoms with van der Waals surface area (Å²) in [6.45, 7) is 0. The molecule has 0 N–H and O–H groups in total. The van der Waals surface area contributed by atoms with Gasteiger partial charge in [0, 0.05) is 55.5 Å². The van der Waals surface area contributed by atoms with Gasteiger partial charge in [-0.3, -0.25) is 0 Å². The van der Waals surface area contributed by atoms with Gasteiger partial charge in [0.1, 0.15) is 0 Å². The summed E-state index contributed by atoms with van der Waals surface area (Å²) in [5.74, 6) is 0.492. The molecule has 8 aromatic rings. The number of nitriles is 1. The number of allylic oxidation sites excluding steroid dienone is 8.